The predicted molar refractivity (Wildman–Crippen MR) is 52.0 cm³/mol. The van der Waals surface area contributed by atoms with Crippen LogP contribution in [0.5, 0.6) is 0 Å². The highest BCUT2D eigenvalue weighted by Gasteiger charge is 2.18. The van der Waals surface area contributed by atoms with Gasteiger partial charge in [0.2, 0.25) is 0 Å². The Hall–Kier alpha value is -0.120. The van der Waals surface area contributed by atoms with Crippen LogP contribution in [0.2, 0.25) is 0 Å². The largest absolute Gasteiger partial charge is 0.395 e. The number of likely N-dealkylation sites (N-methyl/N-ethyl adjacent to an activating group) is 1. The number of hydrogen-bond donors (Lipinski definition) is 2. The molecule has 0 spiro atoms. The summed E-state index contributed by atoms with van der Waals surface area (Å²) in [5.41, 5.74) is 5.76. The smallest absolute Gasteiger partial charge is 0.0599 e. The van der Waals surface area contributed by atoms with E-state index in [1.165, 1.54) is 0 Å². The Bertz CT molecular complexity index is 116. The van der Waals surface area contributed by atoms with Gasteiger partial charge in [0.15, 0.2) is 0 Å². The van der Waals surface area contributed by atoms with Crippen LogP contribution in [0.4, 0.5) is 0 Å². The normalized spacial score (nSPS) is 15.2. The Morgan fingerprint density at radius 2 is 1.92 bits per heavy atom. The molecule has 0 radical (unpaired) electrons. The Morgan fingerprint density at radius 1 is 1.42 bits per heavy atom. The highest BCUT2D eigenvalue weighted by molar-refractivity contribution is 4.73. The number of nitrogens with two attached hydrogens (primary N) is 1. The summed E-state index contributed by atoms with van der Waals surface area (Å²) in [5.74, 6) is 0. The van der Waals surface area contributed by atoms with Gasteiger partial charge in [-0.25, -0.2) is 0 Å². The summed E-state index contributed by atoms with van der Waals surface area (Å²) < 4.78 is 0. The van der Waals surface area contributed by atoms with Gasteiger partial charge in [-0.3, -0.25) is 4.90 Å². The Morgan fingerprint density at radius 3 is 2.17 bits per heavy atom. The van der Waals surface area contributed by atoms with Crippen molar-refractivity contribution in [2.75, 3.05) is 26.7 Å². The lowest BCUT2D eigenvalue weighted by molar-refractivity contribution is 0.119. The minimum atomic E-state index is 0.101. The first-order chi connectivity index (χ1) is 5.40. The van der Waals surface area contributed by atoms with Gasteiger partial charge in [-0.15, -0.1) is 0 Å². The maximum Gasteiger partial charge on any atom is 0.0599 e. The molecule has 0 aromatic carbocycles. The third-order valence-corrected chi connectivity index (χ3v) is 1.83. The molecule has 0 bridgehead atoms. The molecule has 0 saturated carbocycles. The molecule has 0 amide bonds. The van der Waals surface area contributed by atoms with Crippen LogP contribution in [0.1, 0.15) is 20.8 Å². The minimum absolute atomic E-state index is 0.101. The third-order valence-electron chi connectivity index (χ3n) is 1.83. The van der Waals surface area contributed by atoms with Crippen LogP contribution in [0, 0.1) is 5.41 Å². The van der Waals surface area contributed by atoms with Crippen molar-refractivity contribution in [3.8, 4) is 0 Å². The second kappa shape index (κ2) is 4.80. The molecule has 0 rings (SSSR count). The molecule has 0 heterocycles. The van der Waals surface area contributed by atoms with Crippen LogP contribution >= 0.6 is 0 Å². The van der Waals surface area contributed by atoms with Crippen LogP contribution < -0.4 is 5.73 Å². The zero-order valence-corrected chi connectivity index (χ0v) is 8.67. The molecular formula is C9H22N2O. The molecular weight excluding hydrogens is 152 g/mol. The summed E-state index contributed by atoms with van der Waals surface area (Å²) in [6.45, 7) is 8.14. The van der Waals surface area contributed by atoms with Gasteiger partial charge < -0.3 is 10.8 Å². The van der Waals surface area contributed by atoms with Crippen molar-refractivity contribution in [3.05, 3.63) is 0 Å². The highest BCUT2D eigenvalue weighted by Crippen LogP contribution is 2.15. The Balaban J connectivity index is 3.92. The Labute approximate surface area is 75.6 Å². The minimum Gasteiger partial charge on any atom is -0.395 e. The van der Waals surface area contributed by atoms with Crippen LogP contribution in [-0.4, -0.2) is 42.8 Å². The van der Waals surface area contributed by atoms with Crippen molar-refractivity contribution in [2.24, 2.45) is 11.1 Å². The molecule has 3 N–H and O–H groups in total. The van der Waals surface area contributed by atoms with Crippen molar-refractivity contribution < 1.29 is 5.11 Å². The van der Waals surface area contributed by atoms with Crippen molar-refractivity contribution >= 4 is 0 Å². The van der Waals surface area contributed by atoms with Crippen LogP contribution in [0.3, 0.4) is 0 Å². The van der Waals surface area contributed by atoms with Crippen molar-refractivity contribution in [1.82, 2.24) is 4.90 Å². The van der Waals surface area contributed by atoms with E-state index in [-0.39, 0.29) is 18.1 Å². The Kier molecular flexibility index (Phi) is 4.75. The zero-order chi connectivity index (χ0) is 9.78. The molecule has 1 atom stereocenters. The summed E-state index contributed by atoms with van der Waals surface area (Å²) in [6.07, 6.45) is 0. The first-order valence-electron chi connectivity index (χ1n) is 4.42. The summed E-state index contributed by atoms with van der Waals surface area (Å²) in [6, 6.07) is 0.101. The van der Waals surface area contributed by atoms with E-state index < -0.39 is 0 Å². The van der Waals surface area contributed by atoms with E-state index in [4.69, 9.17) is 10.8 Å². The number of nitrogens with zero attached hydrogens (tertiary/aromatic N) is 1. The van der Waals surface area contributed by atoms with E-state index in [2.05, 4.69) is 25.7 Å². The average molecular weight is 174 g/mol. The highest BCUT2D eigenvalue weighted by atomic mass is 16.3. The van der Waals surface area contributed by atoms with Gasteiger partial charge in [0, 0.05) is 19.1 Å². The fourth-order valence-corrected chi connectivity index (χ4v) is 1.27. The SMILES string of the molecule is CN(CC(C)(C)C)C(CN)CO. The lowest BCUT2D eigenvalue weighted by atomic mass is 9.95. The number of aliphatic hydroxyl groups is 1. The topological polar surface area (TPSA) is 49.5 Å². The van der Waals surface area contributed by atoms with E-state index in [1.807, 2.05) is 7.05 Å². The molecule has 0 aliphatic rings. The van der Waals surface area contributed by atoms with Gasteiger partial charge >= 0.3 is 0 Å². The van der Waals surface area contributed by atoms with Crippen molar-refractivity contribution in [3.63, 3.8) is 0 Å². The second-order valence-electron chi connectivity index (χ2n) is 4.55. The van der Waals surface area contributed by atoms with E-state index in [0.29, 0.717) is 6.54 Å². The van der Waals surface area contributed by atoms with Gasteiger partial charge in [0.05, 0.1) is 6.61 Å². The van der Waals surface area contributed by atoms with E-state index in [0.717, 1.165) is 6.54 Å². The van der Waals surface area contributed by atoms with Gasteiger partial charge in [0.1, 0.15) is 0 Å². The second-order valence-corrected chi connectivity index (χ2v) is 4.55. The molecule has 0 saturated heterocycles. The molecule has 0 aliphatic heterocycles. The molecule has 3 nitrogen and oxygen atoms in total. The summed E-state index contributed by atoms with van der Waals surface area (Å²) in [4.78, 5) is 2.11. The van der Waals surface area contributed by atoms with Crippen LogP contribution in [0.25, 0.3) is 0 Å². The maximum absolute atomic E-state index is 8.97. The molecule has 0 aliphatic carbocycles. The first-order valence-corrected chi connectivity index (χ1v) is 4.42. The van der Waals surface area contributed by atoms with Gasteiger partial charge in [-0.05, 0) is 12.5 Å². The van der Waals surface area contributed by atoms with Gasteiger partial charge in [-0.2, -0.15) is 0 Å². The lowest BCUT2D eigenvalue weighted by Crippen LogP contribution is -2.44. The first kappa shape index (κ1) is 11.9. The monoisotopic (exact) mass is 174 g/mol. The molecule has 0 aromatic heterocycles. The van der Waals surface area contributed by atoms with Gasteiger partial charge in [-0.1, -0.05) is 20.8 Å². The standard InChI is InChI=1S/C9H22N2O/c1-9(2,3)7-11(4)8(5-10)6-12/h8,12H,5-7,10H2,1-4H3. The number of rotatable bonds is 4. The zero-order valence-electron chi connectivity index (χ0n) is 8.67. The quantitative estimate of drug-likeness (QED) is 0.644. The number of hydrogen-bond acceptors (Lipinski definition) is 3. The molecule has 74 valence electrons. The fourth-order valence-electron chi connectivity index (χ4n) is 1.27. The maximum atomic E-state index is 8.97. The lowest BCUT2D eigenvalue weighted by Gasteiger charge is -2.31. The van der Waals surface area contributed by atoms with E-state index in [1.54, 1.807) is 0 Å². The van der Waals surface area contributed by atoms with Gasteiger partial charge in [0.25, 0.3) is 0 Å². The van der Waals surface area contributed by atoms with Crippen LogP contribution in [-0.2, 0) is 0 Å². The average Bonchev–Trinajstić information content (AvgIpc) is 1.85. The molecule has 0 aromatic rings. The molecule has 1 unspecified atom stereocenters. The summed E-state index contributed by atoms with van der Waals surface area (Å²) in [7, 11) is 2.00. The molecule has 0 fully saturated rings. The van der Waals surface area contributed by atoms with Crippen molar-refractivity contribution in [1.29, 1.82) is 0 Å². The number of aliphatic hydroxyl groups excluding tert-OH is 1. The molecule has 12 heavy (non-hydrogen) atoms. The van der Waals surface area contributed by atoms with E-state index >= 15 is 0 Å². The summed E-state index contributed by atoms with van der Waals surface area (Å²) >= 11 is 0. The van der Waals surface area contributed by atoms with Crippen molar-refractivity contribution in [2.45, 2.75) is 26.8 Å². The predicted octanol–water partition coefficient (Wildman–Crippen LogP) is 0.284. The van der Waals surface area contributed by atoms with Crippen LogP contribution in [0.15, 0.2) is 0 Å². The van der Waals surface area contributed by atoms with E-state index in [9.17, 15) is 0 Å². The third kappa shape index (κ3) is 4.70. The molecule has 3 heteroatoms. The fraction of sp³-hybridized carbons (Fsp3) is 1.00. The summed E-state index contributed by atoms with van der Waals surface area (Å²) in [5, 5.41) is 8.97.